The van der Waals surface area contributed by atoms with Gasteiger partial charge in [-0.2, -0.15) is 0 Å². The first kappa shape index (κ1) is 26.0. The molecule has 0 fully saturated rings. The molecule has 2 nitrogen and oxygen atoms in total. The van der Waals surface area contributed by atoms with Gasteiger partial charge in [-0.1, -0.05) is 140 Å². The number of methoxy groups -OCH3 is 1. The standard InChI is InChI=1S/C38H35NO/c1-3-39-26-38(27-40-2)33-25-24-32(28-16-8-4-9-17-28)34(29-18-10-5-11-19-29)36(33)35(30-20-12-6-13-21-30)37(38)31-22-14-7-15-23-31/h4-25,39H,3,26-27H2,1-2H3. The van der Waals surface area contributed by atoms with E-state index in [4.69, 9.17) is 4.74 Å². The minimum atomic E-state index is -0.370. The zero-order chi connectivity index (χ0) is 27.4. The molecule has 1 aliphatic rings. The van der Waals surface area contributed by atoms with Crippen molar-refractivity contribution in [3.05, 3.63) is 156 Å². The van der Waals surface area contributed by atoms with Gasteiger partial charge in [0, 0.05) is 13.7 Å². The van der Waals surface area contributed by atoms with Gasteiger partial charge in [0.15, 0.2) is 0 Å². The van der Waals surface area contributed by atoms with Crippen molar-refractivity contribution in [2.24, 2.45) is 0 Å². The molecule has 1 N–H and O–H groups in total. The van der Waals surface area contributed by atoms with E-state index in [2.05, 4.69) is 146 Å². The molecule has 1 aliphatic carbocycles. The van der Waals surface area contributed by atoms with E-state index in [0.717, 1.165) is 13.1 Å². The van der Waals surface area contributed by atoms with Crippen molar-refractivity contribution in [1.82, 2.24) is 5.32 Å². The lowest BCUT2D eigenvalue weighted by atomic mass is 9.74. The van der Waals surface area contributed by atoms with Crippen molar-refractivity contribution in [2.45, 2.75) is 12.3 Å². The van der Waals surface area contributed by atoms with Crippen molar-refractivity contribution in [2.75, 3.05) is 26.8 Å². The highest BCUT2D eigenvalue weighted by Crippen LogP contribution is 2.57. The molecular formula is C38H35NO. The molecule has 0 spiro atoms. The van der Waals surface area contributed by atoms with Gasteiger partial charge >= 0.3 is 0 Å². The number of rotatable bonds is 9. The average molecular weight is 522 g/mol. The second-order valence-electron chi connectivity index (χ2n) is 10.4. The second kappa shape index (κ2) is 11.5. The summed E-state index contributed by atoms with van der Waals surface area (Å²) in [5, 5.41) is 3.72. The fourth-order valence-corrected chi connectivity index (χ4v) is 6.41. The van der Waals surface area contributed by atoms with Gasteiger partial charge in [0.25, 0.3) is 0 Å². The lowest BCUT2D eigenvalue weighted by molar-refractivity contribution is 0.155. The summed E-state index contributed by atoms with van der Waals surface area (Å²) in [6, 6.07) is 48.1. The van der Waals surface area contributed by atoms with Crippen LogP contribution >= 0.6 is 0 Å². The summed E-state index contributed by atoms with van der Waals surface area (Å²) in [6.45, 7) is 4.42. The summed E-state index contributed by atoms with van der Waals surface area (Å²) in [5.74, 6) is 0. The maximum Gasteiger partial charge on any atom is 0.0612 e. The van der Waals surface area contributed by atoms with Gasteiger partial charge in [0.1, 0.15) is 0 Å². The average Bonchev–Trinajstić information content (AvgIpc) is 3.31. The van der Waals surface area contributed by atoms with Crippen LogP contribution in [0.2, 0.25) is 0 Å². The highest BCUT2D eigenvalue weighted by molar-refractivity contribution is 6.12. The van der Waals surface area contributed by atoms with E-state index in [9.17, 15) is 0 Å². The van der Waals surface area contributed by atoms with Crippen LogP contribution in [0.5, 0.6) is 0 Å². The van der Waals surface area contributed by atoms with Gasteiger partial charge in [0.05, 0.1) is 12.0 Å². The van der Waals surface area contributed by atoms with Crippen LogP contribution in [0.15, 0.2) is 133 Å². The largest absolute Gasteiger partial charge is 0.383 e. The molecule has 0 bridgehead atoms. The minimum Gasteiger partial charge on any atom is -0.383 e. The van der Waals surface area contributed by atoms with Crippen LogP contribution in [0.25, 0.3) is 33.4 Å². The normalized spacial score (nSPS) is 16.2. The van der Waals surface area contributed by atoms with Crippen LogP contribution in [0, 0.1) is 0 Å². The third-order valence-electron chi connectivity index (χ3n) is 8.04. The molecule has 0 radical (unpaired) electrons. The maximum absolute atomic E-state index is 6.11. The molecule has 1 unspecified atom stereocenters. The van der Waals surface area contributed by atoms with Gasteiger partial charge in [-0.15, -0.1) is 0 Å². The Balaban J connectivity index is 1.81. The molecule has 5 aromatic carbocycles. The number of hydrogen-bond acceptors (Lipinski definition) is 2. The molecule has 0 saturated heterocycles. The quantitative estimate of drug-likeness (QED) is 0.210. The molecule has 198 valence electrons. The molecule has 1 atom stereocenters. The maximum atomic E-state index is 6.11. The number of fused-ring (bicyclic) bond motifs is 1. The molecule has 5 aromatic rings. The Labute approximate surface area is 238 Å². The molecule has 0 aliphatic heterocycles. The predicted octanol–water partition coefficient (Wildman–Crippen LogP) is 8.49. The summed E-state index contributed by atoms with van der Waals surface area (Å²) in [7, 11) is 1.83. The number of likely N-dealkylation sites (N-methyl/N-ethyl adjacent to an activating group) is 1. The fraction of sp³-hybridized carbons (Fsp3) is 0.158. The Bertz CT molecular complexity index is 1610. The van der Waals surface area contributed by atoms with Crippen molar-refractivity contribution in [3.63, 3.8) is 0 Å². The number of benzene rings is 5. The van der Waals surface area contributed by atoms with Crippen LogP contribution in [0.1, 0.15) is 29.2 Å². The summed E-state index contributed by atoms with van der Waals surface area (Å²) < 4.78 is 6.11. The van der Waals surface area contributed by atoms with Crippen molar-refractivity contribution < 1.29 is 4.74 Å². The third-order valence-corrected chi connectivity index (χ3v) is 8.04. The van der Waals surface area contributed by atoms with Gasteiger partial charge in [-0.3, -0.25) is 0 Å². The number of ether oxygens (including phenoxy) is 1. The highest BCUT2D eigenvalue weighted by atomic mass is 16.5. The summed E-state index contributed by atoms with van der Waals surface area (Å²) in [6.07, 6.45) is 0. The molecule has 40 heavy (non-hydrogen) atoms. The number of nitrogens with one attached hydrogen (secondary N) is 1. The predicted molar refractivity (Wildman–Crippen MR) is 168 cm³/mol. The summed E-state index contributed by atoms with van der Waals surface area (Å²) >= 11 is 0. The van der Waals surface area contributed by atoms with Crippen LogP contribution in [0.4, 0.5) is 0 Å². The third kappa shape index (κ3) is 4.50. The fourth-order valence-electron chi connectivity index (χ4n) is 6.41. The summed E-state index contributed by atoms with van der Waals surface area (Å²) in [5.41, 5.74) is 12.2. The lowest BCUT2D eigenvalue weighted by Crippen LogP contribution is -2.42. The molecular weight excluding hydrogens is 486 g/mol. The van der Waals surface area contributed by atoms with Gasteiger partial charge in [-0.05, 0) is 62.2 Å². The molecule has 0 saturated carbocycles. The smallest absolute Gasteiger partial charge is 0.0612 e. The first-order chi connectivity index (χ1) is 19.8. The van der Waals surface area contributed by atoms with E-state index in [-0.39, 0.29) is 5.41 Å². The molecule has 0 heterocycles. The SMILES string of the molecule is CCNCC1(COC)C(c2ccccc2)=C(c2ccccc2)c2c1ccc(-c1ccccc1)c2-c1ccccc1. The van der Waals surface area contributed by atoms with Crippen LogP contribution in [-0.4, -0.2) is 26.8 Å². The van der Waals surface area contributed by atoms with Crippen molar-refractivity contribution in [3.8, 4) is 22.3 Å². The van der Waals surface area contributed by atoms with E-state index < -0.39 is 0 Å². The van der Waals surface area contributed by atoms with Gasteiger partial charge < -0.3 is 10.1 Å². The second-order valence-corrected chi connectivity index (χ2v) is 10.4. The minimum absolute atomic E-state index is 0.370. The van der Waals surface area contributed by atoms with Crippen LogP contribution < -0.4 is 5.32 Å². The molecule has 2 heteroatoms. The topological polar surface area (TPSA) is 21.3 Å². The van der Waals surface area contributed by atoms with Gasteiger partial charge in [0.2, 0.25) is 0 Å². The van der Waals surface area contributed by atoms with E-state index in [0.29, 0.717) is 6.61 Å². The first-order valence-electron chi connectivity index (χ1n) is 14.1. The lowest BCUT2D eigenvalue weighted by Gasteiger charge is -2.34. The Morgan fingerprint density at radius 1 is 0.575 bits per heavy atom. The first-order valence-corrected chi connectivity index (χ1v) is 14.1. The van der Waals surface area contributed by atoms with Crippen LogP contribution in [0.3, 0.4) is 0 Å². The van der Waals surface area contributed by atoms with Crippen molar-refractivity contribution >= 4 is 11.1 Å². The molecule has 6 rings (SSSR count). The van der Waals surface area contributed by atoms with E-state index in [1.807, 2.05) is 7.11 Å². The van der Waals surface area contributed by atoms with E-state index in [1.165, 1.54) is 55.7 Å². The Kier molecular flexibility index (Phi) is 7.46. The van der Waals surface area contributed by atoms with Crippen molar-refractivity contribution in [1.29, 1.82) is 0 Å². The van der Waals surface area contributed by atoms with E-state index in [1.54, 1.807) is 0 Å². The van der Waals surface area contributed by atoms with Crippen LogP contribution in [-0.2, 0) is 10.2 Å². The highest BCUT2D eigenvalue weighted by Gasteiger charge is 2.47. The number of hydrogen-bond donors (Lipinski definition) is 1. The Morgan fingerprint density at radius 2 is 1.10 bits per heavy atom. The summed E-state index contributed by atoms with van der Waals surface area (Å²) in [4.78, 5) is 0. The Hall–Kier alpha value is -4.24. The Morgan fingerprint density at radius 3 is 1.65 bits per heavy atom. The molecule has 0 aromatic heterocycles. The molecule has 0 amide bonds. The van der Waals surface area contributed by atoms with Gasteiger partial charge in [-0.25, -0.2) is 0 Å². The monoisotopic (exact) mass is 521 g/mol. The zero-order valence-electron chi connectivity index (χ0n) is 23.2. The zero-order valence-corrected chi connectivity index (χ0v) is 23.2. The van der Waals surface area contributed by atoms with E-state index >= 15 is 0 Å².